The summed E-state index contributed by atoms with van der Waals surface area (Å²) in [5.41, 5.74) is 3.46. The van der Waals surface area contributed by atoms with Crippen LogP contribution in [0.4, 0.5) is 35.9 Å². The van der Waals surface area contributed by atoms with Gasteiger partial charge in [0.15, 0.2) is 0 Å². The van der Waals surface area contributed by atoms with Gasteiger partial charge in [0.1, 0.15) is 97.5 Å². The first-order valence-electron chi connectivity index (χ1n) is 31.2. The van der Waals surface area contributed by atoms with Crippen molar-refractivity contribution in [2.24, 2.45) is 35.5 Å². The summed E-state index contributed by atoms with van der Waals surface area (Å²) >= 11 is 4.12. The predicted octanol–water partition coefficient (Wildman–Crippen LogP) is 13.2. The molecule has 9 aromatic rings. The number of piperidine rings is 3. The molecule has 1 N–H and O–H groups in total. The number of halogens is 7. The lowest BCUT2D eigenvalue weighted by Gasteiger charge is -2.46. The van der Waals surface area contributed by atoms with Crippen molar-refractivity contribution in [3.05, 3.63) is 125 Å². The van der Waals surface area contributed by atoms with Crippen molar-refractivity contribution in [1.82, 2.24) is 45.0 Å². The molecule has 6 unspecified atom stereocenters. The molecule has 96 heavy (non-hydrogen) atoms. The molecule has 0 spiro atoms. The van der Waals surface area contributed by atoms with E-state index in [4.69, 9.17) is 37.9 Å². The van der Waals surface area contributed by atoms with E-state index in [1.54, 1.807) is 20.6 Å². The average molecular weight is 1400 g/mol. The number of hydrogen-bond donors (Lipinski definition) is 1. The number of nitrogens with zero attached hydrogens (tertiary/aromatic N) is 8. The number of fused-ring (bicyclic) bond motifs is 9. The number of hydrogen-bond acceptors (Lipinski definition) is 20. The van der Waals surface area contributed by atoms with Crippen molar-refractivity contribution < 1.29 is 73.8 Å². The largest absolute Gasteiger partial charge is 0.472 e. The fourth-order valence-corrected chi connectivity index (χ4v) is 16.0. The number of rotatable bonds is 10. The number of carbonyl (C=O) groups is 2. The van der Waals surface area contributed by atoms with Gasteiger partial charge in [-0.25, -0.2) is 65.8 Å². The van der Waals surface area contributed by atoms with Crippen LogP contribution in [0.5, 0.6) is 17.6 Å². The Morgan fingerprint density at radius 2 is 0.833 bits per heavy atom. The molecule has 1 saturated carbocycles. The average Bonchev–Trinajstić information content (AvgIpc) is 1.47. The molecule has 0 radical (unpaired) electrons. The molecule has 16 rings (SSSR count). The maximum absolute atomic E-state index is 14.4. The number of benzene rings is 3. The van der Waals surface area contributed by atoms with E-state index in [2.05, 4.69) is 35.2 Å². The Hall–Kier alpha value is -7.57. The highest BCUT2D eigenvalue weighted by atomic mass is 35.5. The van der Waals surface area contributed by atoms with Crippen LogP contribution in [0.15, 0.2) is 89.7 Å². The number of likely N-dealkylation sites (tertiary alicyclic amines) is 2. The lowest BCUT2D eigenvalue weighted by Crippen LogP contribution is -2.59. The molecule has 6 bridgehead atoms. The van der Waals surface area contributed by atoms with Gasteiger partial charge >= 0.3 is 12.2 Å². The normalized spacial score (nSPS) is 24.0. The van der Waals surface area contributed by atoms with E-state index in [-0.39, 0.29) is 95.1 Å². The third-order valence-corrected chi connectivity index (χ3v) is 20.9. The first kappa shape index (κ1) is 67.0. The zero-order valence-corrected chi connectivity index (χ0v) is 55.6. The minimum absolute atomic E-state index is 0. The summed E-state index contributed by atoms with van der Waals surface area (Å²) in [4.78, 5) is 54.8. The van der Waals surface area contributed by atoms with Crippen LogP contribution in [0.1, 0.15) is 40.5 Å². The van der Waals surface area contributed by atoms with Crippen LogP contribution in [-0.2, 0) is 23.7 Å². The Bertz CT molecular complexity index is 4120. The number of thiophene rings is 3. The minimum atomic E-state index is -0.651. The fraction of sp³-hybridized carbons (Fsp3) is 0.433. The molecular formula is C67H66ClF6N9O10S3. The molecule has 19 nitrogen and oxygen atoms in total. The van der Waals surface area contributed by atoms with Gasteiger partial charge in [0, 0.05) is 142 Å². The van der Waals surface area contributed by atoms with Crippen LogP contribution in [0, 0.1) is 70.4 Å². The first-order chi connectivity index (χ1) is 45.8. The van der Waals surface area contributed by atoms with Gasteiger partial charge in [-0.15, -0.1) is 46.4 Å². The maximum Gasteiger partial charge on any atom is 0.410 e. The van der Waals surface area contributed by atoms with Crippen LogP contribution in [0.25, 0.3) is 64.0 Å². The number of nitrogens with one attached hydrogen (secondary N) is 1. The molecule has 7 aliphatic rings. The zero-order valence-electron chi connectivity index (χ0n) is 52.3. The van der Waals surface area contributed by atoms with Gasteiger partial charge in [-0.1, -0.05) is 0 Å². The molecule has 2 amide bonds. The topological polar surface area (TPSA) is 204 Å². The third-order valence-electron chi connectivity index (χ3n) is 18.0. The molecule has 12 heterocycles. The summed E-state index contributed by atoms with van der Waals surface area (Å²) in [7, 11) is 0. The van der Waals surface area contributed by atoms with Gasteiger partial charge in [0.05, 0.1) is 56.2 Å². The van der Waals surface area contributed by atoms with E-state index in [0.29, 0.717) is 132 Å². The molecule has 6 saturated heterocycles. The highest BCUT2D eigenvalue weighted by Gasteiger charge is 2.49. The Kier molecular flexibility index (Phi) is 19.4. The van der Waals surface area contributed by atoms with Crippen molar-refractivity contribution in [3.63, 3.8) is 0 Å². The molecule has 506 valence electrons. The van der Waals surface area contributed by atoms with E-state index < -0.39 is 40.5 Å². The van der Waals surface area contributed by atoms with Crippen LogP contribution < -0.4 is 19.5 Å². The van der Waals surface area contributed by atoms with Crippen molar-refractivity contribution in [3.8, 4) is 51.0 Å². The van der Waals surface area contributed by atoms with Gasteiger partial charge in [0.2, 0.25) is 17.6 Å². The van der Waals surface area contributed by atoms with Gasteiger partial charge in [-0.3, -0.25) is 0 Å². The first-order valence-corrected chi connectivity index (χ1v) is 33.9. The summed E-state index contributed by atoms with van der Waals surface area (Å²) in [5, 5.41) is 8.78. The van der Waals surface area contributed by atoms with E-state index in [1.807, 2.05) is 33.1 Å². The van der Waals surface area contributed by atoms with Crippen molar-refractivity contribution in [2.45, 2.75) is 70.1 Å². The number of aromatic nitrogens is 6. The highest BCUT2D eigenvalue weighted by Crippen LogP contribution is 2.45. The van der Waals surface area contributed by atoms with E-state index >= 15 is 0 Å². The SMILES string of the molecule is CC(C)(C)OC(=O)N1CC2COCC(C1)C2Oc1ncnc2c(-c3ccc(F)cc3F)csc12.CC1(OC(=O)N2CC3COCC(C2)C3Oc2ncnc3c(-c4ccc(F)cc4F)csc23)CC1.Cl.Fc1ccc(-c2csc3c(OC4C5CNCC4COC5)ncnc23)c(F)c1. The van der Waals surface area contributed by atoms with Crippen molar-refractivity contribution >= 4 is 89.3 Å². The predicted molar refractivity (Wildman–Crippen MR) is 349 cm³/mol. The highest BCUT2D eigenvalue weighted by molar-refractivity contribution is 7.18. The second-order valence-corrected chi connectivity index (χ2v) is 28.7. The quantitative estimate of drug-likeness (QED) is 0.126. The van der Waals surface area contributed by atoms with Gasteiger partial charge in [-0.05, 0) is 76.9 Å². The van der Waals surface area contributed by atoms with E-state index in [0.717, 1.165) is 48.8 Å². The Morgan fingerprint density at radius 1 is 0.500 bits per heavy atom. The summed E-state index contributed by atoms with van der Waals surface area (Å²) in [6, 6.07) is 10.5. The lowest BCUT2D eigenvalue weighted by atomic mass is 9.84. The van der Waals surface area contributed by atoms with Crippen LogP contribution in [-0.4, -0.2) is 160 Å². The standard InChI is InChI=1S/C24H23F2N3O4S.C24H25F2N3O4S.C19H17F2N3O2S.ClH/c1-24(4-5-24)33-23(30)29-7-13-9-31-10-14(8-29)20(13)32-22-21-19(27-12-28-22)17(11-34-21)16-3-2-15(25)6-18(16)26;1-24(2,3)33-23(30)29-7-13-9-31-10-14(8-29)20(13)32-22-21-19(27-12-28-22)17(11-34-21)16-5-4-15(25)6-18(16)26;20-12-1-2-13(15(21)3-12)14-8-27-18-16(14)23-9-24-19(18)26-17-10-4-22-5-11(17)7-25-6-10;/h2-3,6,11-14,20H,4-5,7-10H2,1H3;4-6,11-14,20H,7-10H2,1-3H3;1-3,8-11,17,22H,4-7H2;1H. The number of ether oxygens (including phenoxy) is 8. The summed E-state index contributed by atoms with van der Waals surface area (Å²) in [5.74, 6) is -2.00. The maximum atomic E-state index is 14.4. The fourth-order valence-electron chi connectivity index (χ4n) is 13.1. The molecule has 29 heteroatoms. The molecule has 6 atom stereocenters. The van der Waals surface area contributed by atoms with Crippen molar-refractivity contribution in [2.75, 3.05) is 78.9 Å². The van der Waals surface area contributed by atoms with Gasteiger partial charge < -0.3 is 53.0 Å². The van der Waals surface area contributed by atoms with Gasteiger partial charge in [0.25, 0.3) is 0 Å². The monoisotopic (exact) mass is 1400 g/mol. The zero-order chi connectivity index (χ0) is 65.9. The lowest BCUT2D eigenvalue weighted by molar-refractivity contribution is -0.112. The molecule has 6 aromatic heterocycles. The Balaban J connectivity index is 0.000000130. The van der Waals surface area contributed by atoms with E-state index in [9.17, 15) is 35.9 Å². The molecular weight excluding hydrogens is 1340 g/mol. The van der Waals surface area contributed by atoms with Crippen LogP contribution in [0.2, 0.25) is 0 Å². The second-order valence-electron chi connectivity index (χ2n) is 26.1. The molecule has 7 fully saturated rings. The Labute approximate surface area is 565 Å². The molecule has 1 aliphatic carbocycles. The Morgan fingerprint density at radius 3 is 1.17 bits per heavy atom. The summed E-state index contributed by atoms with van der Waals surface area (Å²) in [6.45, 7) is 14.3. The van der Waals surface area contributed by atoms with Gasteiger partial charge in [-0.2, -0.15) is 0 Å². The minimum Gasteiger partial charge on any atom is -0.472 e. The summed E-state index contributed by atoms with van der Waals surface area (Å²) < 4.78 is 133. The number of amides is 2. The second kappa shape index (κ2) is 27.7. The smallest absolute Gasteiger partial charge is 0.410 e. The third kappa shape index (κ3) is 14.1. The van der Waals surface area contributed by atoms with Crippen molar-refractivity contribution in [1.29, 1.82) is 0 Å². The van der Waals surface area contributed by atoms with Crippen LogP contribution in [0.3, 0.4) is 0 Å². The molecule has 6 aliphatic heterocycles. The van der Waals surface area contributed by atoms with E-state index in [1.165, 1.54) is 89.4 Å². The number of carbonyl (C=O) groups excluding carboxylic acids is 2. The summed E-state index contributed by atoms with van der Waals surface area (Å²) in [6.07, 6.45) is 5.07. The van der Waals surface area contributed by atoms with Crippen LogP contribution >= 0.6 is 46.4 Å². The molecule has 3 aromatic carbocycles.